The molecule has 0 spiro atoms. The van der Waals surface area contributed by atoms with Gasteiger partial charge in [0.05, 0.1) is 0 Å². The van der Waals surface area contributed by atoms with E-state index >= 15 is 0 Å². The molecule has 0 amide bonds. The number of nitrogens with zero attached hydrogens (tertiary/aromatic N) is 1. The predicted molar refractivity (Wildman–Crippen MR) is 95.5 cm³/mol. The highest BCUT2D eigenvalue weighted by atomic mass is 16.5. The molecule has 0 aromatic heterocycles. The van der Waals surface area contributed by atoms with Crippen molar-refractivity contribution in [3.63, 3.8) is 0 Å². The molecule has 3 heteroatoms. The summed E-state index contributed by atoms with van der Waals surface area (Å²) in [4.78, 5) is 2.36. The van der Waals surface area contributed by atoms with Crippen LogP contribution in [0.2, 0.25) is 0 Å². The zero-order valence-electron chi connectivity index (χ0n) is 15.5. The van der Waals surface area contributed by atoms with Gasteiger partial charge in [-0.3, -0.25) is 0 Å². The van der Waals surface area contributed by atoms with Crippen molar-refractivity contribution in [2.45, 2.75) is 53.6 Å². The summed E-state index contributed by atoms with van der Waals surface area (Å²) in [5, 5.41) is 3.42. The molecule has 1 aromatic carbocycles. The van der Waals surface area contributed by atoms with Crippen molar-refractivity contribution in [1.82, 2.24) is 10.2 Å². The van der Waals surface area contributed by atoms with E-state index in [9.17, 15) is 0 Å². The minimum atomic E-state index is 0.144. The van der Waals surface area contributed by atoms with Gasteiger partial charge in [0.15, 0.2) is 0 Å². The van der Waals surface area contributed by atoms with E-state index in [1.807, 2.05) is 0 Å². The standard InChI is InChI=1S/C19H34N2O/c1-18(2,3)15-21(7)14-16-8-10-17(11-9-16)22-13-12-20-19(4,5)6/h8-11,20H,12-15H2,1-7H3. The van der Waals surface area contributed by atoms with Gasteiger partial charge < -0.3 is 15.0 Å². The van der Waals surface area contributed by atoms with Crippen LogP contribution in [0.4, 0.5) is 0 Å². The lowest BCUT2D eigenvalue weighted by molar-refractivity contribution is 0.220. The van der Waals surface area contributed by atoms with Crippen molar-refractivity contribution in [3.05, 3.63) is 29.8 Å². The third-order valence-electron chi connectivity index (χ3n) is 3.15. The highest BCUT2D eigenvalue weighted by Gasteiger charge is 2.13. The molecular formula is C19H34N2O. The molecular weight excluding hydrogens is 272 g/mol. The Morgan fingerprint density at radius 3 is 2.09 bits per heavy atom. The third-order valence-corrected chi connectivity index (χ3v) is 3.15. The Morgan fingerprint density at radius 1 is 1.00 bits per heavy atom. The van der Waals surface area contributed by atoms with Crippen LogP contribution in [0, 0.1) is 5.41 Å². The average Bonchev–Trinajstić information content (AvgIpc) is 2.33. The quantitative estimate of drug-likeness (QED) is 0.772. The minimum absolute atomic E-state index is 0.144. The lowest BCUT2D eigenvalue weighted by atomic mass is 9.96. The lowest BCUT2D eigenvalue weighted by Gasteiger charge is -2.26. The van der Waals surface area contributed by atoms with E-state index in [0.29, 0.717) is 12.0 Å². The predicted octanol–water partition coefficient (Wildman–Crippen LogP) is 3.93. The van der Waals surface area contributed by atoms with Gasteiger partial charge in [0.2, 0.25) is 0 Å². The van der Waals surface area contributed by atoms with Gasteiger partial charge in [-0.1, -0.05) is 32.9 Å². The van der Waals surface area contributed by atoms with E-state index in [1.165, 1.54) is 5.56 Å². The zero-order chi connectivity index (χ0) is 16.8. The molecule has 0 heterocycles. The number of rotatable bonds is 7. The first-order valence-corrected chi connectivity index (χ1v) is 8.20. The minimum Gasteiger partial charge on any atom is -0.492 e. The summed E-state index contributed by atoms with van der Waals surface area (Å²) in [5.41, 5.74) is 1.80. The van der Waals surface area contributed by atoms with Crippen molar-refractivity contribution < 1.29 is 4.74 Å². The highest BCUT2D eigenvalue weighted by Crippen LogP contribution is 2.17. The van der Waals surface area contributed by atoms with Gasteiger partial charge in [-0.2, -0.15) is 0 Å². The largest absolute Gasteiger partial charge is 0.492 e. The fraction of sp³-hybridized carbons (Fsp3) is 0.684. The Morgan fingerprint density at radius 2 is 1.59 bits per heavy atom. The molecule has 1 aromatic rings. The maximum atomic E-state index is 5.77. The van der Waals surface area contributed by atoms with Crippen LogP contribution in [0.1, 0.15) is 47.1 Å². The summed E-state index contributed by atoms with van der Waals surface area (Å²) in [7, 11) is 2.17. The zero-order valence-corrected chi connectivity index (χ0v) is 15.5. The SMILES string of the molecule is CN(Cc1ccc(OCCNC(C)(C)C)cc1)CC(C)(C)C. The van der Waals surface area contributed by atoms with Crippen LogP contribution in [0.15, 0.2) is 24.3 Å². The molecule has 0 atom stereocenters. The monoisotopic (exact) mass is 306 g/mol. The van der Waals surface area contributed by atoms with E-state index in [1.54, 1.807) is 0 Å². The maximum absolute atomic E-state index is 5.77. The molecule has 0 saturated carbocycles. The Labute approximate surface area is 137 Å². The van der Waals surface area contributed by atoms with Crippen LogP contribution in [-0.4, -0.2) is 37.2 Å². The molecule has 0 radical (unpaired) electrons. The Hall–Kier alpha value is -1.06. The lowest BCUT2D eigenvalue weighted by Crippen LogP contribution is -2.38. The van der Waals surface area contributed by atoms with Gasteiger partial charge >= 0.3 is 0 Å². The van der Waals surface area contributed by atoms with Gasteiger partial charge in [0, 0.05) is 25.2 Å². The molecule has 0 bridgehead atoms. The number of benzene rings is 1. The molecule has 126 valence electrons. The molecule has 0 aliphatic heterocycles. The highest BCUT2D eigenvalue weighted by molar-refractivity contribution is 5.27. The molecule has 0 aliphatic carbocycles. The van der Waals surface area contributed by atoms with Crippen LogP contribution >= 0.6 is 0 Å². The van der Waals surface area contributed by atoms with Crippen LogP contribution in [0.3, 0.4) is 0 Å². The van der Waals surface area contributed by atoms with E-state index in [0.717, 1.165) is 25.4 Å². The van der Waals surface area contributed by atoms with E-state index in [4.69, 9.17) is 4.74 Å². The molecule has 1 N–H and O–H groups in total. The third kappa shape index (κ3) is 9.06. The number of ether oxygens (including phenoxy) is 1. The van der Waals surface area contributed by atoms with Crippen molar-refractivity contribution in [2.75, 3.05) is 26.7 Å². The Balaban J connectivity index is 2.37. The summed E-state index contributed by atoms with van der Waals surface area (Å²) in [6, 6.07) is 8.45. The first-order chi connectivity index (χ1) is 10.1. The van der Waals surface area contributed by atoms with Gasteiger partial charge in [0.1, 0.15) is 12.4 Å². The van der Waals surface area contributed by atoms with E-state index in [-0.39, 0.29) is 5.54 Å². The number of nitrogens with one attached hydrogen (secondary N) is 1. The first-order valence-electron chi connectivity index (χ1n) is 8.20. The molecule has 0 unspecified atom stereocenters. The summed E-state index contributed by atoms with van der Waals surface area (Å²) < 4.78 is 5.77. The van der Waals surface area contributed by atoms with Crippen LogP contribution < -0.4 is 10.1 Å². The second-order valence-electron chi connectivity index (χ2n) is 8.40. The summed E-state index contributed by atoms with van der Waals surface area (Å²) in [5.74, 6) is 0.943. The molecule has 22 heavy (non-hydrogen) atoms. The van der Waals surface area contributed by atoms with Gasteiger partial charge in [-0.15, -0.1) is 0 Å². The Kier molecular flexibility index (Phi) is 6.89. The summed E-state index contributed by atoms with van der Waals surface area (Å²) in [6.45, 7) is 16.9. The van der Waals surface area contributed by atoms with E-state index in [2.05, 4.69) is 83.1 Å². The van der Waals surface area contributed by atoms with Gasteiger partial charge in [-0.25, -0.2) is 0 Å². The summed E-state index contributed by atoms with van der Waals surface area (Å²) >= 11 is 0. The van der Waals surface area contributed by atoms with Gasteiger partial charge in [0.25, 0.3) is 0 Å². The van der Waals surface area contributed by atoms with Crippen LogP contribution in [0.25, 0.3) is 0 Å². The fourth-order valence-electron chi connectivity index (χ4n) is 2.46. The number of hydrogen-bond donors (Lipinski definition) is 1. The van der Waals surface area contributed by atoms with Crippen molar-refractivity contribution in [3.8, 4) is 5.75 Å². The molecule has 0 saturated heterocycles. The van der Waals surface area contributed by atoms with Crippen molar-refractivity contribution >= 4 is 0 Å². The molecule has 1 rings (SSSR count). The molecule has 0 aliphatic rings. The van der Waals surface area contributed by atoms with Gasteiger partial charge in [-0.05, 0) is 50.9 Å². The average molecular weight is 306 g/mol. The van der Waals surface area contributed by atoms with E-state index < -0.39 is 0 Å². The smallest absolute Gasteiger partial charge is 0.119 e. The maximum Gasteiger partial charge on any atom is 0.119 e. The second-order valence-corrected chi connectivity index (χ2v) is 8.40. The topological polar surface area (TPSA) is 24.5 Å². The van der Waals surface area contributed by atoms with Crippen molar-refractivity contribution in [2.24, 2.45) is 5.41 Å². The first kappa shape index (κ1) is 19.0. The fourth-order valence-corrected chi connectivity index (χ4v) is 2.46. The molecule has 3 nitrogen and oxygen atoms in total. The molecule has 0 fully saturated rings. The summed E-state index contributed by atoms with van der Waals surface area (Å²) in [6.07, 6.45) is 0. The second kappa shape index (κ2) is 7.98. The van der Waals surface area contributed by atoms with Crippen LogP contribution in [-0.2, 0) is 6.54 Å². The van der Waals surface area contributed by atoms with Crippen molar-refractivity contribution in [1.29, 1.82) is 0 Å². The normalized spacial score (nSPS) is 12.7. The number of hydrogen-bond acceptors (Lipinski definition) is 3. The van der Waals surface area contributed by atoms with Crippen LogP contribution in [0.5, 0.6) is 5.75 Å². The Bertz CT molecular complexity index is 426.